The van der Waals surface area contributed by atoms with E-state index in [4.69, 9.17) is 10.5 Å². The summed E-state index contributed by atoms with van der Waals surface area (Å²) in [5.74, 6) is 7.32. The summed E-state index contributed by atoms with van der Waals surface area (Å²) >= 11 is 0. The monoisotopic (exact) mass is 459 g/mol. The quantitative estimate of drug-likeness (QED) is 0.502. The molecule has 0 radical (unpaired) electrons. The summed E-state index contributed by atoms with van der Waals surface area (Å²) in [7, 11) is 1.67. The first-order chi connectivity index (χ1) is 16.3. The summed E-state index contributed by atoms with van der Waals surface area (Å²) in [6.45, 7) is 8.79. The maximum atomic E-state index is 13.6. The zero-order chi connectivity index (χ0) is 24.3. The van der Waals surface area contributed by atoms with Crippen molar-refractivity contribution in [2.24, 2.45) is 11.7 Å². The van der Waals surface area contributed by atoms with Crippen molar-refractivity contribution in [3.63, 3.8) is 0 Å². The molecular weight excluding hydrogens is 422 g/mol. The van der Waals surface area contributed by atoms with E-state index >= 15 is 0 Å². The van der Waals surface area contributed by atoms with Gasteiger partial charge in [-0.3, -0.25) is 4.79 Å². The molecule has 0 atom stereocenters. The van der Waals surface area contributed by atoms with E-state index in [2.05, 4.69) is 35.2 Å². The molecule has 1 aromatic heterocycles. The van der Waals surface area contributed by atoms with E-state index in [9.17, 15) is 4.79 Å². The fourth-order valence-electron chi connectivity index (χ4n) is 5.22. The molecule has 0 spiro atoms. The van der Waals surface area contributed by atoms with Gasteiger partial charge in [-0.2, -0.15) is 0 Å². The SMILES string of the molecule is C=C(N)c1c(C(=O)Nc2ccc(COC)cc2)c(C#CCC2CCCCC2)n(C2(C)CC2)c1C. The van der Waals surface area contributed by atoms with E-state index in [1.807, 2.05) is 31.2 Å². The van der Waals surface area contributed by atoms with Crippen LogP contribution in [-0.2, 0) is 16.9 Å². The largest absolute Gasteiger partial charge is 0.399 e. The van der Waals surface area contributed by atoms with Gasteiger partial charge in [0.15, 0.2) is 0 Å². The lowest BCUT2D eigenvalue weighted by Gasteiger charge is -2.19. The molecule has 0 unspecified atom stereocenters. The number of rotatable bonds is 7. The zero-order valence-corrected chi connectivity index (χ0v) is 20.8. The van der Waals surface area contributed by atoms with Crippen molar-refractivity contribution in [2.45, 2.75) is 77.4 Å². The molecule has 2 fully saturated rings. The number of nitrogens with one attached hydrogen (secondary N) is 1. The predicted molar refractivity (Wildman–Crippen MR) is 138 cm³/mol. The van der Waals surface area contributed by atoms with Crippen LogP contribution >= 0.6 is 0 Å². The third kappa shape index (κ3) is 5.08. The van der Waals surface area contributed by atoms with E-state index in [0.29, 0.717) is 29.3 Å². The Morgan fingerprint density at radius 2 is 1.88 bits per heavy atom. The molecule has 4 rings (SSSR count). The van der Waals surface area contributed by atoms with Crippen LogP contribution in [0.1, 0.15) is 91.2 Å². The molecule has 0 aliphatic heterocycles. The van der Waals surface area contributed by atoms with Gasteiger partial charge in [0.05, 0.1) is 12.2 Å². The number of hydrogen-bond acceptors (Lipinski definition) is 3. The maximum absolute atomic E-state index is 13.6. The number of methoxy groups -OCH3 is 1. The van der Waals surface area contributed by atoms with Gasteiger partial charge < -0.3 is 20.4 Å². The van der Waals surface area contributed by atoms with E-state index in [1.54, 1.807) is 7.11 Å². The molecule has 0 bridgehead atoms. The van der Waals surface area contributed by atoms with Crippen molar-refractivity contribution in [3.8, 4) is 11.8 Å². The van der Waals surface area contributed by atoms with Crippen LogP contribution in [0.25, 0.3) is 5.70 Å². The molecule has 1 aromatic carbocycles. The lowest BCUT2D eigenvalue weighted by atomic mass is 9.87. The van der Waals surface area contributed by atoms with Gasteiger partial charge in [0.1, 0.15) is 5.69 Å². The summed E-state index contributed by atoms with van der Waals surface area (Å²) in [5, 5.41) is 3.06. The van der Waals surface area contributed by atoms with Crippen LogP contribution in [-0.4, -0.2) is 17.6 Å². The Kier molecular flexibility index (Phi) is 7.19. The van der Waals surface area contributed by atoms with Gasteiger partial charge in [0, 0.05) is 41.7 Å². The second-order valence-electron chi connectivity index (χ2n) is 10.1. The number of hydrogen-bond donors (Lipinski definition) is 2. The smallest absolute Gasteiger partial charge is 0.259 e. The number of carbonyl (C=O) groups excluding carboxylic acids is 1. The highest BCUT2D eigenvalue weighted by molar-refractivity contribution is 6.09. The molecule has 34 heavy (non-hydrogen) atoms. The lowest BCUT2D eigenvalue weighted by Crippen LogP contribution is -2.18. The van der Waals surface area contributed by atoms with Crippen LogP contribution in [0.5, 0.6) is 0 Å². The van der Waals surface area contributed by atoms with Crippen molar-refractivity contribution >= 4 is 17.3 Å². The first-order valence-electron chi connectivity index (χ1n) is 12.4. The highest BCUT2D eigenvalue weighted by Crippen LogP contribution is 2.47. The third-order valence-corrected chi connectivity index (χ3v) is 7.31. The van der Waals surface area contributed by atoms with Crippen LogP contribution < -0.4 is 11.1 Å². The maximum Gasteiger partial charge on any atom is 0.259 e. The van der Waals surface area contributed by atoms with Gasteiger partial charge in [-0.25, -0.2) is 0 Å². The molecule has 5 heteroatoms. The Balaban J connectivity index is 1.70. The van der Waals surface area contributed by atoms with E-state index < -0.39 is 0 Å². The fourth-order valence-corrected chi connectivity index (χ4v) is 5.22. The summed E-state index contributed by atoms with van der Waals surface area (Å²) in [5.41, 5.74) is 11.4. The molecule has 2 aromatic rings. The number of amides is 1. The molecule has 0 saturated heterocycles. The molecule has 2 aliphatic carbocycles. The molecule has 2 saturated carbocycles. The van der Waals surface area contributed by atoms with Crippen LogP contribution in [0.15, 0.2) is 30.8 Å². The van der Waals surface area contributed by atoms with E-state index in [0.717, 1.165) is 41.9 Å². The molecule has 5 nitrogen and oxygen atoms in total. The number of carbonyl (C=O) groups is 1. The van der Waals surface area contributed by atoms with Gasteiger partial charge in [-0.15, -0.1) is 0 Å². The number of anilines is 1. The zero-order valence-electron chi connectivity index (χ0n) is 20.8. The van der Waals surface area contributed by atoms with Gasteiger partial charge in [-0.1, -0.05) is 43.9 Å². The standard InChI is InChI=1S/C29H37N3O2/c1-20(30)26-21(2)32(29(3)17-18-29)25(12-8-11-22-9-6-5-7-10-22)27(26)28(33)31-24-15-13-23(14-16-24)19-34-4/h13-16,22H,1,5-7,9-11,17-19,30H2,2-4H3,(H,31,33). The molecule has 1 heterocycles. The Morgan fingerprint density at radius 3 is 2.47 bits per heavy atom. The second-order valence-corrected chi connectivity index (χ2v) is 10.1. The van der Waals surface area contributed by atoms with Gasteiger partial charge in [-0.05, 0) is 69.1 Å². The molecule has 1 amide bonds. The minimum atomic E-state index is -0.200. The normalized spacial score (nSPS) is 17.0. The summed E-state index contributed by atoms with van der Waals surface area (Å²) < 4.78 is 7.42. The van der Waals surface area contributed by atoms with Gasteiger partial charge in [0.25, 0.3) is 5.91 Å². The van der Waals surface area contributed by atoms with E-state index in [1.165, 1.54) is 32.1 Å². The minimum absolute atomic E-state index is 0.0243. The van der Waals surface area contributed by atoms with Crippen molar-refractivity contribution in [2.75, 3.05) is 12.4 Å². The first kappa shape index (κ1) is 24.2. The number of nitrogens with zero attached hydrogens (tertiary/aromatic N) is 1. The number of aromatic nitrogens is 1. The Bertz CT molecular complexity index is 1120. The molecular formula is C29H37N3O2. The average molecular weight is 460 g/mol. The summed E-state index contributed by atoms with van der Waals surface area (Å²) in [6.07, 6.45) is 9.46. The van der Waals surface area contributed by atoms with Gasteiger partial charge >= 0.3 is 0 Å². The highest BCUT2D eigenvalue weighted by atomic mass is 16.5. The predicted octanol–water partition coefficient (Wildman–Crippen LogP) is 5.96. The minimum Gasteiger partial charge on any atom is -0.399 e. The molecule has 3 N–H and O–H groups in total. The van der Waals surface area contributed by atoms with Crippen molar-refractivity contribution < 1.29 is 9.53 Å². The van der Waals surface area contributed by atoms with Crippen molar-refractivity contribution in [1.29, 1.82) is 0 Å². The van der Waals surface area contributed by atoms with Crippen LogP contribution in [0.2, 0.25) is 0 Å². The van der Waals surface area contributed by atoms with Crippen LogP contribution in [0, 0.1) is 24.7 Å². The Morgan fingerprint density at radius 1 is 1.21 bits per heavy atom. The number of nitrogens with two attached hydrogens (primary N) is 1. The summed E-state index contributed by atoms with van der Waals surface area (Å²) in [6, 6.07) is 7.69. The van der Waals surface area contributed by atoms with Crippen molar-refractivity contribution in [3.05, 3.63) is 58.9 Å². The average Bonchev–Trinajstić information content (AvgIpc) is 3.47. The van der Waals surface area contributed by atoms with E-state index in [-0.39, 0.29) is 11.4 Å². The first-order valence-corrected chi connectivity index (χ1v) is 12.4. The fraction of sp³-hybridized carbons (Fsp3) is 0.483. The Hall–Kier alpha value is -2.97. The second kappa shape index (κ2) is 10.1. The van der Waals surface area contributed by atoms with Crippen molar-refractivity contribution in [1.82, 2.24) is 4.57 Å². The Labute approximate surface area is 203 Å². The van der Waals surface area contributed by atoms with Crippen LogP contribution in [0.3, 0.4) is 0 Å². The lowest BCUT2D eigenvalue weighted by molar-refractivity contribution is 0.102. The van der Waals surface area contributed by atoms with Crippen LogP contribution in [0.4, 0.5) is 5.69 Å². The highest BCUT2D eigenvalue weighted by Gasteiger charge is 2.43. The van der Waals surface area contributed by atoms with Gasteiger partial charge in [0.2, 0.25) is 0 Å². The topological polar surface area (TPSA) is 69.3 Å². The third-order valence-electron chi connectivity index (χ3n) is 7.31. The number of benzene rings is 1. The summed E-state index contributed by atoms with van der Waals surface area (Å²) in [4.78, 5) is 13.6. The molecule has 180 valence electrons. The number of ether oxygens (including phenoxy) is 1. The molecule has 2 aliphatic rings.